The van der Waals surface area contributed by atoms with Crippen LogP contribution in [0.2, 0.25) is 0 Å². The first-order valence-corrected chi connectivity index (χ1v) is 7.63. The number of rotatable bonds is 7. The Labute approximate surface area is 125 Å². The van der Waals surface area contributed by atoms with Crippen molar-refractivity contribution in [3.05, 3.63) is 0 Å². The second-order valence-electron chi connectivity index (χ2n) is 8.11. The van der Waals surface area contributed by atoms with Gasteiger partial charge in [-0.1, -0.05) is 48.5 Å². The summed E-state index contributed by atoms with van der Waals surface area (Å²) in [5.74, 6) is 0.148. The Morgan fingerprint density at radius 3 is 1.90 bits per heavy atom. The van der Waals surface area contributed by atoms with E-state index in [4.69, 9.17) is 5.73 Å². The molecule has 0 heterocycles. The number of nitrogens with two attached hydrogens (primary N) is 1. The number of carbonyl (C=O) groups is 1. The highest BCUT2D eigenvalue weighted by atomic mass is 16.2. The van der Waals surface area contributed by atoms with Gasteiger partial charge in [0.25, 0.3) is 0 Å². The Morgan fingerprint density at radius 2 is 1.50 bits per heavy atom. The fraction of sp³-hybridized carbons (Fsp3) is 0.938. The van der Waals surface area contributed by atoms with E-state index in [1.54, 1.807) is 0 Å². The van der Waals surface area contributed by atoms with Gasteiger partial charge >= 0.3 is 0 Å². The van der Waals surface area contributed by atoms with Crippen molar-refractivity contribution in [1.82, 2.24) is 10.6 Å². The summed E-state index contributed by atoms with van der Waals surface area (Å²) in [5.41, 5.74) is 5.09. The SMILES string of the molecule is CC(C)(C)CC(C)(C(=O)NCCNCCN)C(C)(C)C. The smallest absolute Gasteiger partial charge is 0.226 e. The normalized spacial score (nSPS) is 15.8. The van der Waals surface area contributed by atoms with Crippen molar-refractivity contribution in [3.63, 3.8) is 0 Å². The minimum absolute atomic E-state index is 0.0744. The predicted octanol–water partition coefficient (Wildman–Crippen LogP) is 2.14. The molecule has 1 atom stereocenters. The Kier molecular flexibility index (Phi) is 7.19. The summed E-state index contributed by atoms with van der Waals surface area (Å²) in [6.45, 7) is 17.9. The minimum atomic E-state index is -0.376. The van der Waals surface area contributed by atoms with Crippen LogP contribution in [0.15, 0.2) is 0 Å². The first kappa shape index (κ1) is 19.4. The van der Waals surface area contributed by atoms with Crippen LogP contribution in [0.1, 0.15) is 54.9 Å². The molecule has 0 radical (unpaired) electrons. The van der Waals surface area contributed by atoms with Crippen molar-refractivity contribution >= 4 is 5.91 Å². The molecular weight excluding hydrogens is 250 g/mol. The van der Waals surface area contributed by atoms with Crippen LogP contribution in [0.5, 0.6) is 0 Å². The van der Waals surface area contributed by atoms with Gasteiger partial charge in [-0.05, 0) is 17.3 Å². The van der Waals surface area contributed by atoms with Crippen molar-refractivity contribution in [2.24, 2.45) is 22.0 Å². The monoisotopic (exact) mass is 285 g/mol. The molecule has 20 heavy (non-hydrogen) atoms. The highest BCUT2D eigenvalue weighted by Gasteiger charge is 2.46. The van der Waals surface area contributed by atoms with Crippen molar-refractivity contribution in [1.29, 1.82) is 0 Å². The molecule has 0 aliphatic carbocycles. The van der Waals surface area contributed by atoms with Crippen molar-refractivity contribution in [3.8, 4) is 0 Å². The van der Waals surface area contributed by atoms with E-state index >= 15 is 0 Å². The number of hydrogen-bond acceptors (Lipinski definition) is 3. The van der Waals surface area contributed by atoms with E-state index in [2.05, 4.69) is 59.1 Å². The number of nitrogens with one attached hydrogen (secondary N) is 2. The highest BCUT2D eigenvalue weighted by molar-refractivity contribution is 5.83. The Morgan fingerprint density at radius 1 is 0.950 bits per heavy atom. The third-order valence-corrected chi connectivity index (χ3v) is 3.95. The second kappa shape index (κ2) is 7.41. The number of hydrogen-bond donors (Lipinski definition) is 3. The summed E-state index contributed by atoms with van der Waals surface area (Å²) in [5, 5.41) is 6.26. The van der Waals surface area contributed by atoms with E-state index in [9.17, 15) is 4.79 Å². The van der Waals surface area contributed by atoms with Crippen LogP contribution in [0.3, 0.4) is 0 Å². The first-order valence-electron chi connectivity index (χ1n) is 7.63. The van der Waals surface area contributed by atoms with Crippen LogP contribution >= 0.6 is 0 Å². The van der Waals surface area contributed by atoms with Crippen LogP contribution in [0, 0.1) is 16.2 Å². The Bertz CT molecular complexity index is 302. The molecule has 0 rings (SSSR count). The molecule has 1 unspecified atom stereocenters. The Hall–Kier alpha value is -0.610. The summed E-state index contributed by atoms with van der Waals surface area (Å²) < 4.78 is 0. The fourth-order valence-electron chi connectivity index (χ4n) is 2.43. The first-order chi connectivity index (χ1) is 8.94. The van der Waals surface area contributed by atoms with Crippen molar-refractivity contribution < 1.29 is 4.79 Å². The average molecular weight is 285 g/mol. The molecule has 1 amide bonds. The lowest BCUT2D eigenvalue weighted by atomic mass is 9.61. The predicted molar refractivity (Wildman–Crippen MR) is 86.6 cm³/mol. The van der Waals surface area contributed by atoms with E-state index in [-0.39, 0.29) is 22.2 Å². The Balaban J connectivity index is 4.68. The van der Waals surface area contributed by atoms with Gasteiger partial charge in [0.15, 0.2) is 0 Å². The van der Waals surface area contributed by atoms with E-state index in [1.807, 2.05) is 0 Å². The molecule has 0 saturated carbocycles. The molecule has 0 spiro atoms. The van der Waals surface area contributed by atoms with Gasteiger partial charge in [0, 0.05) is 26.2 Å². The van der Waals surface area contributed by atoms with Gasteiger partial charge in [0.2, 0.25) is 5.91 Å². The zero-order chi connectivity index (χ0) is 16.0. The van der Waals surface area contributed by atoms with E-state index in [0.29, 0.717) is 13.1 Å². The second-order valence-corrected chi connectivity index (χ2v) is 8.11. The number of carbonyl (C=O) groups excluding carboxylic acids is 1. The molecular formula is C16H35N3O. The highest BCUT2D eigenvalue weighted by Crippen LogP contribution is 2.46. The molecule has 4 heteroatoms. The summed E-state index contributed by atoms with van der Waals surface area (Å²) in [6.07, 6.45) is 0.867. The standard InChI is InChI=1S/C16H35N3O/c1-14(2,3)12-16(7,15(4,5)6)13(20)19-11-10-18-9-8-17/h18H,8-12,17H2,1-7H3,(H,19,20). The van der Waals surface area contributed by atoms with E-state index < -0.39 is 0 Å². The lowest BCUT2D eigenvalue weighted by Gasteiger charge is -2.44. The maximum atomic E-state index is 12.7. The van der Waals surface area contributed by atoms with Crippen LogP contribution in [0.4, 0.5) is 0 Å². The lowest BCUT2D eigenvalue weighted by Crippen LogP contribution is -2.50. The molecule has 4 nitrogen and oxygen atoms in total. The topological polar surface area (TPSA) is 67.2 Å². The summed E-state index contributed by atoms with van der Waals surface area (Å²) >= 11 is 0. The van der Waals surface area contributed by atoms with E-state index in [1.165, 1.54) is 0 Å². The molecule has 0 aliphatic rings. The van der Waals surface area contributed by atoms with E-state index in [0.717, 1.165) is 19.5 Å². The zero-order valence-electron chi connectivity index (χ0n) is 14.5. The van der Waals surface area contributed by atoms with Crippen molar-refractivity contribution in [2.45, 2.75) is 54.9 Å². The largest absolute Gasteiger partial charge is 0.354 e. The maximum Gasteiger partial charge on any atom is 0.226 e. The molecule has 120 valence electrons. The summed E-state index contributed by atoms with van der Waals surface area (Å²) in [7, 11) is 0. The lowest BCUT2D eigenvalue weighted by molar-refractivity contribution is -0.138. The molecule has 0 fully saturated rings. The zero-order valence-corrected chi connectivity index (χ0v) is 14.5. The third kappa shape index (κ3) is 6.23. The molecule has 0 aromatic carbocycles. The van der Waals surface area contributed by atoms with Crippen LogP contribution in [0.25, 0.3) is 0 Å². The van der Waals surface area contributed by atoms with Crippen LogP contribution < -0.4 is 16.4 Å². The fourth-order valence-corrected chi connectivity index (χ4v) is 2.43. The van der Waals surface area contributed by atoms with Crippen LogP contribution in [-0.2, 0) is 4.79 Å². The van der Waals surface area contributed by atoms with Crippen LogP contribution in [-0.4, -0.2) is 32.1 Å². The quantitative estimate of drug-likeness (QED) is 0.628. The van der Waals surface area contributed by atoms with Gasteiger partial charge in [0.1, 0.15) is 0 Å². The van der Waals surface area contributed by atoms with Gasteiger partial charge in [-0.2, -0.15) is 0 Å². The molecule has 0 aromatic heterocycles. The minimum Gasteiger partial charge on any atom is -0.354 e. The molecule has 0 saturated heterocycles. The molecule has 0 bridgehead atoms. The molecule has 0 aromatic rings. The summed E-state index contributed by atoms with van der Waals surface area (Å²) in [4.78, 5) is 12.7. The average Bonchev–Trinajstić information content (AvgIpc) is 2.24. The molecule has 4 N–H and O–H groups in total. The van der Waals surface area contributed by atoms with Gasteiger partial charge in [0.05, 0.1) is 5.41 Å². The number of amides is 1. The maximum absolute atomic E-state index is 12.7. The summed E-state index contributed by atoms with van der Waals surface area (Å²) in [6, 6.07) is 0. The third-order valence-electron chi connectivity index (χ3n) is 3.95. The van der Waals surface area contributed by atoms with Gasteiger partial charge < -0.3 is 16.4 Å². The van der Waals surface area contributed by atoms with Gasteiger partial charge in [-0.15, -0.1) is 0 Å². The molecule has 0 aliphatic heterocycles. The van der Waals surface area contributed by atoms with Crippen molar-refractivity contribution in [2.75, 3.05) is 26.2 Å². The van der Waals surface area contributed by atoms with Gasteiger partial charge in [-0.25, -0.2) is 0 Å². The van der Waals surface area contributed by atoms with Gasteiger partial charge in [-0.3, -0.25) is 4.79 Å².